The predicted molar refractivity (Wildman–Crippen MR) is 105 cm³/mol. The molecular weight excluding hydrogens is 377 g/mol. The number of furan rings is 1. The highest BCUT2D eigenvalue weighted by Crippen LogP contribution is 2.27. The number of hydrogen-bond acceptors (Lipinski definition) is 5. The number of amides is 1. The standard InChI is InChI=1S/C22H22FNO5/c1-13(15-8-10-16(23)11-9-15)24-21(25)14(2)28-22(26)20-18(12-27-3)17-6-4-5-7-19(17)29-20/h4-11,13-14H,12H2,1-3H3,(H,24,25). The van der Waals surface area contributed by atoms with E-state index in [4.69, 9.17) is 13.9 Å². The Kier molecular flexibility index (Phi) is 6.29. The van der Waals surface area contributed by atoms with E-state index in [1.54, 1.807) is 31.2 Å². The van der Waals surface area contributed by atoms with E-state index in [-0.39, 0.29) is 24.2 Å². The maximum atomic E-state index is 13.0. The van der Waals surface area contributed by atoms with Gasteiger partial charge in [0.1, 0.15) is 11.4 Å². The van der Waals surface area contributed by atoms with Crippen molar-refractivity contribution in [1.29, 1.82) is 0 Å². The average molecular weight is 399 g/mol. The van der Waals surface area contributed by atoms with Crippen LogP contribution in [0.4, 0.5) is 4.39 Å². The second kappa shape index (κ2) is 8.87. The third-order valence-corrected chi connectivity index (χ3v) is 4.55. The summed E-state index contributed by atoms with van der Waals surface area (Å²) in [4.78, 5) is 25.1. The number of hydrogen-bond donors (Lipinski definition) is 1. The molecular formula is C22H22FNO5. The average Bonchev–Trinajstić information content (AvgIpc) is 3.07. The molecule has 2 aromatic carbocycles. The van der Waals surface area contributed by atoms with Gasteiger partial charge in [-0.1, -0.05) is 30.3 Å². The second-order valence-electron chi connectivity index (χ2n) is 6.67. The molecule has 0 aliphatic heterocycles. The molecule has 1 N–H and O–H groups in total. The lowest BCUT2D eigenvalue weighted by Gasteiger charge is -2.18. The predicted octanol–water partition coefficient (Wildman–Crippen LogP) is 4.14. The van der Waals surface area contributed by atoms with Crippen LogP contribution in [0.2, 0.25) is 0 Å². The Bertz CT molecular complexity index is 1010. The molecule has 6 nitrogen and oxygen atoms in total. The highest BCUT2D eigenvalue weighted by atomic mass is 19.1. The molecule has 0 aliphatic carbocycles. The molecule has 0 saturated carbocycles. The molecule has 2 unspecified atom stereocenters. The minimum atomic E-state index is -1.05. The summed E-state index contributed by atoms with van der Waals surface area (Å²) in [6.45, 7) is 3.41. The van der Waals surface area contributed by atoms with Gasteiger partial charge in [-0.15, -0.1) is 0 Å². The highest BCUT2D eigenvalue weighted by molar-refractivity contribution is 5.97. The van der Waals surface area contributed by atoms with Gasteiger partial charge in [0, 0.05) is 18.1 Å². The largest absolute Gasteiger partial charge is 0.449 e. The molecule has 1 amide bonds. The van der Waals surface area contributed by atoms with Crippen molar-refractivity contribution in [1.82, 2.24) is 5.32 Å². The minimum absolute atomic E-state index is 0.0132. The topological polar surface area (TPSA) is 77.8 Å². The van der Waals surface area contributed by atoms with Crippen molar-refractivity contribution < 1.29 is 27.9 Å². The van der Waals surface area contributed by atoms with Gasteiger partial charge in [-0.05, 0) is 37.6 Å². The number of esters is 1. The smallest absolute Gasteiger partial charge is 0.375 e. The first-order valence-electron chi connectivity index (χ1n) is 9.17. The lowest BCUT2D eigenvalue weighted by Crippen LogP contribution is -2.37. The summed E-state index contributed by atoms with van der Waals surface area (Å²) in [5.74, 6) is -1.56. The third kappa shape index (κ3) is 4.63. The van der Waals surface area contributed by atoms with Crippen LogP contribution in [0.5, 0.6) is 0 Å². The summed E-state index contributed by atoms with van der Waals surface area (Å²) in [5, 5.41) is 3.50. The summed E-state index contributed by atoms with van der Waals surface area (Å²) in [7, 11) is 1.52. The molecule has 152 valence electrons. The van der Waals surface area contributed by atoms with Gasteiger partial charge in [0.2, 0.25) is 5.76 Å². The normalized spacial score (nSPS) is 13.1. The Hall–Kier alpha value is -3.19. The van der Waals surface area contributed by atoms with Crippen molar-refractivity contribution in [3.63, 3.8) is 0 Å². The van der Waals surface area contributed by atoms with Gasteiger partial charge < -0.3 is 19.2 Å². The van der Waals surface area contributed by atoms with Crippen LogP contribution in [-0.2, 0) is 20.9 Å². The summed E-state index contributed by atoms with van der Waals surface area (Å²) in [6.07, 6.45) is -1.05. The molecule has 1 aromatic heterocycles. The molecule has 0 radical (unpaired) electrons. The monoisotopic (exact) mass is 399 g/mol. The van der Waals surface area contributed by atoms with Crippen molar-refractivity contribution in [3.05, 3.63) is 71.2 Å². The zero-order valence-corrected chi connectivity index (χ0v) is 16.4. The van der Waals surface area contributed by atoms with Crippen LogP contribution >= 0.6 is 0 Å². The SMILES string of the molecule is COCc1c(C(=O)OC(C)C(=O)NC(C)c2ccc(F)cc2)oc2ccccc12. The van der Waals surface area contributed by atoms with Crippen LogP contribution in [0.15, 0.2) is 52.9 Å². The number of ether oxygens (including phenoxy) is 2. The Labute approximate surface area is 167 Å². The number of methoxy groups -OCH3 is 1. The zero-order chi connectivity index (χ0) is 21.0. The van der Waals surface area contributed by atoms with E-state index in [0.29, 0.717) is 11.1 Å². The molecule has 0 fully saturated rings. The van der Waals surface area contributed by atoms with Gasteiger partial charge in [-0.3, -0.25) is 4.79 Å². The Morgan fingerprint density at radius 1 is 1.10 bits per heavy atom. The number of benzene rings is 2. The van der Waals surface area contributed by atoms with E-state index in [1.165, 1.54) is 26.2 Å². The van der Waals surface area contributed by atoms with E-state index in [9.17, 15) is 14.0 Å². The van der Waals surface area contributed by atoms with Gasteiger partial charge in [0.25, 0.3) is 5.91 Å². The quantitative estimate of drug-likeness (QED) is 0.604. The Balaban J connectivity index is 1.70. The lowest BCUT2D eigenvalue weighted by atomic mass is 10.1. The van der Waals surface area contributed by atoms with E-state index in [1.807, 2.05) is 12.1 Å². The van der Waals surface area contributed by atoms with Crippen LogP contribution < -0.4 is 5.32 Å². The number of fused-ring (bicyclic) bond motifs is 1. The molecule has 3 aromatic rings. The molecule has 2 atom stereocenters. The first-order chi connectivity index (χ1) is 13.9. The molecule has 0 aliphatic rings. The number of rotatable bonds is 7. The van der Waals surface area contributed by atoms with Crippen molar-refractivity contribution in [2.24, 2.45) is 0 Å². The second-order valence-corrected chi connectivity index (χ2v) is 6.67. The Morgan fingerprint density at radius 2 is 1.79 bits per heavy atom. The van der Waals surface area contributed by atoms with E-state index < -0.39 is 18.0 Å². The summed E-state index contributed by atoms with van der Waals surface area (Å²) < 4.78 is 29.2. The molecule has 0 saturated heterocycles. The van der Waals surface area contributed by atoms with E-state index in [0.717, 1.165) is 10.9 Å². The summed E-state index contributed by atoms with van der Waals surface area (Å²) in [6, 6.07) is 12.6. The van der Waals surface area contributed by atoms with Gasteiger partial charge in [-0.25, -0.2) is 9.18 Å². The van der Waals surface area contributed by atoms with Crippen molar-refractivity contribution in [2.45, 2.75) is 32.6 Å². The van der Waals surface area contributed by atoms with Crippen molar-refractivity contribution in [2.75, 3.05) is 7.11 Å². The zero-order valence-electron chi connectivity index (χ0n) is 16.4. The van der Waals surface area contributed by atoms with Gasteiger partial charge in [0.05, 0.1) is 12.6 Å². The molecule has 0 spiro atoms. The molecule has 1 heterocycles. The van der Waals surface area contributed by atoms with Crippen LogP contribution in [0.25, 0.3) is 11.0 Å². The van der Waals surface area contributed by atoms with Crippen molar-refractivity contribution >= 4 is 22.8 Å². The fourth-order valence-corrected chi connectivity index (χ4v) is 2.98. The van der Waals surface area contributed by atoms with Crippen LogP contribution in [-0.4, -0.2) is 25.1 Å². The fourth-order valence-electron chi connectivity index (χ4n) is 2.98. The van der Waals surface area contributed by atoms with Gasteiger partial charge in [-0.2, -0.15) is 0 Å². The van der Waals surface area contributed by atoms with Crippen LogP contribution in [0.1, 0.15) is 41.6 Å². The first-order valence-corrected chi connectivity index (χ1v) is 9.17. The van der Waals surface area contributed by atoms with Crippen LogP contribution in [0.3, 0.4) is 0 Å². The van der Waals surface area contributed by atoms with Gasteiger partial charge in [0.15, 0.2) is 6.10 Å². The number of para-hydroxylation sites is 1. The minimum Gasteiger partial charge on any atom is -0.449 e. The lowest BCUT2D eigenvalue weighted by molar-refractivity contribution is -0.129. The van der Waals surface area contributed by atoms with Crippen LogP contribution in [0, 0.1) is 5.82 Å². The number of halogens is 1. The van der Waals surface area contributed by atoms with E-state index in [2.05, 4.69) is 5.32 Å². The molecule has 0 bridgehead atoms. The highest BCUT2D eigenvalue weighted by Gasteiger charge is 2.26. The fraction of sp³-hybridized carbons (Fsp3) is 0.273. The molecule has 3 rings (SSSR count). The first kappa shape index (κ1) is 20.5. The number of carbonyl (C=O) groups is 2. The van der Waals surface area contributed by atoms with E-state index >= 15 is 0 Å². The van der Waals surface area contributed by atoms with Crippen molar-refractivity contribution in [3.8, 4) is 0 Å². The third-order valence-electron chi connectivity index (χ3n) is 4.55. The number of nitrogens with one attached hydrogen (secondary N) is 1. The summed E-state index contributed by atoms with van der Waals surface area (Å²) >= 11 is 0. The molecule has 7 heteroatoms. The maximum absolute atomic E-state index is 13.0. The van der Waals surface area contributed by atoms with Gasteiger partial charge >= 0.3 is 5.97 Å². The number of carbonyl (C=O) groups excluding carboxylic acids is 2. The Morgan fingerprint density at radius 3 is 2.48 bits per heavy atom. The maximum Gasteiger partial charge on any atom is 0.375 e. The summed E-state index contributed by atoms with van der Waals surface area (Å²) in [5.41, 5.74) is 1.84. The molecule has 29 heavy (non-hydrogen) atoms.